The predicted molar refractivity (Wildman–Crippen MR) is 110 cm³/mol. The highest BCUT2D eigenvalue weighted by Crippen LogP contribution is 2.25. The number of carbonyl (C=O) groups excluding carboxylic acids is 1. The average Bonchev–Trinajstić information content (AvgIpc) is 2.51. The summed E-state index contributed by atoms with van der Waals surface area (Å²) in [5, 5.41) is 6.07. The minimum Gasteiger partial charge on any atom is -0.491 e. The summed E-state index contributed by atoms with van der Waals surface area (Å²) in [5.74, 6) is 0.467. The first kappa shape index (κ1) is 19.4. The smallest absolute Gasteiger partial charge is 0.257 e. The molecule has 0 aliphatic heterocycles. The first-order chi connectivity index (χ1) is 11.8. The summed E-state index contributed by atoms with van der Waals surface area (Å²) in [7, 11) is 0. The SMILES string of the molecule is Cc1cc(Br)cc(C)c1NC(=S)NC(=O)c1ccc(OC(C)C)cc1. The van der Waals surface area contributed by atoms with Gasteiger partial charge < -0.3 is 10.1 Å². The van der Waals surface area contributed by atoms with Gasteiger partial charge in [0.1, 0.15) is 5.75 Å². The van der Waals surface area contributed by atoms with E-state index in [9.17, 15) is 4.79 Å². The highest BCUT2D eigenvalue weighted by Gasteiger charge is 2.11. The molecule has 2 aromatic carbocycles. The molecule has 0 saturated heterocycles. The maximum Gasteiger partial charge on any atom is 0.257 e. The Bertz CT molecular complexity index is 766. The number of nitrogens with one attached hydrogen (secondary N) is 2. The third-order valence-electron chi connectivity index (χ3n) is 3.45. The summed E-state index contributed by atoms with van der Waals surface area (Å²) < 4.78 is 6.58. The molecule has 4 nitrogen and oxygen atoms in total. The second-order valence-corrected chi connectivity index (χ2v) is 7.34. The highest BCUT2D eigenvalue weighted by molar-refractivity contribution is 9.10. The van der Waals surface area contributed by atoms with Crippen molar-refractivity contribution in [2.45, 2.75) is 33.8 Å². The molecule has 0 aliphatic carbocycles. The number of aryl methyl sites for hydroxylation is 2. The predicted octanol–water partition coefficient (Wildman–Crippen LogP) is 4.98. The Labute approximate surface area is 162 Å². The van der Waals surface area contributed by atoms with Gasteiger partial charge in [0.05, 0.1) is 6.10 Å². The summed E-state index contributed by atoms with van der Waals surface area (Å²) in [4.78, 5) is 12.3. The number of rotatable bonds is 4. The maximum atomic E-state index is 12.3. The van der Waals surface area contributed by atoms with Gasteiger partial charge in [-0.25, -0.2) is 0 Å². The molecular weight excluding hydrogens is 400 g/mol. The molecule has 132 valence electrons. The Morgan fingerprint density at radius 1 is 1.12 bits per heavy atom. The van der Waals surface area contributed by atoms with Crippen molar-refractivity contribution in [1.82, 2.24) is 5.32 Å². The van der Waals surface area contributed by atoms with Gasteiger partial charge in [-0.3, -0.25) is 10.1 Å². The second kappa shape index (κ2) is 8.45. The minimum absolute atomic E-state index is 0.0915. The van der Waals surface area contributed by atoms with Gasteiger partial charge in [-0.05, 0) is 87.4 Å². The summed E-state index contributed by atoms with van der Waals surface area (Å²) in [6.45, 7) is 7.88. The molecule has 0 atom stereocenters. The molecule has 0 heterocycles. The molecule has 25 heavy (non-hydrogen) atoms. The Morgan fingerprint density at radius 3 is 2.20 bits per heavy atom. The number of anilines is 1. The van der Waals surface area contributed by atoms with E-state index >= 15 is 0 Å². The van der Waals surface area contributed by atoms with Gasteiger partial charge in [-0.15, -0.1) is 0 Å². The lowest BCUT2D eigenvalue weighted by Gasteiger charge is -2.15. The van der Waals surface area contributed by atoms with Crippen LogP contribution >= 0.6 is 28.1 Å². The lowest BCUT2D eigenvalue weighted by molar-refractivity contribution is 0.0977. The van der Waals surface area contributed by atoms with Crippen LogP contribution in [0.2, 0.25) is 0 Å². The monoisotopic (exact) mass is 420 g/mol. The number of thiocarbonyl (C=S) groups is 1. The van der Waals surface area contributed by atoms with Gasteiger partial charge in [0.15, 0.2) is 5.11 Å². The van der Waals surface area contributed by atoms with Gasteiger partial charge in [-0.1, -0.05) is 15.9 Å². The maximum absolute atomic E-state index is 12.3. The lowest BCUT2D eigenvalue weighted by Crippen LogP contribution is -2.34. The molecule has 0 unspecified atom stereocenters. The normalized spacial score (nSPS) is 10.5. The molecule has 0 radical (unpaired) electrons. The van der Waals surface area contributed by atoms with Crippen LogP contribution in [-0.2, 0) is 0 Å². The van der Waals surface area contributed by atoms with E-state index in [0.29, 0.717) is 5.56 Å². The summed E-state index contributed by atoms with van der Waals surface area (Å²) >= 11 is 8.73. The van der Waals surface area contributed by atoms with Gasteiger partial charge in [0.25, 0.3) is 5.91 Å². The minimum atomic E-state index is -0.263. The molecule has 0 spiro atoms. The Balaban J connectivity index is 2.02. The van der Waals surface area contributed by atoms with Crippen molar-refractivity contribution in [1.29, 1.82) is 0 Å². The number of halogens is 1. The van der Waals surface area contributed by atoms with E-state index in [1.807, 2.05) is 39.8 Å². The standard InChI is InChI=1S/C19H21BrN2O2S/c1-11(2)24-16-7-5-14(6-8-16)18(23)22-19(25)21-17-12(3)9-15(20)10-13(17)4/h5-11H,1-4H3,(H2,21,22,23,25). The molecular formula is C19H21BrN2O2S. The second-order valence-electron chi connectivity index (χ2n) is 6.01. The molecule has 0 bridgehead atoms. The van der Waals surface area contributed by atoms with E-state index in [2.05, 4.69) is 26.6 Å². The number of carbonyl (C=O) groups is 1. The molecule has 0 aromatic heterocycles. The summed E-state index contributed by atoms with van der Waals surface area (Å²) in [6, 6.07) is 11.0. The van der Waals surface area contributed by atoms with Crippen molar-refractivity contribution >= 4 is 44.9 Å². The quantitative estimate of drug-likeness (QED) is 0.684. The van der Waals surface area contributed by atoms with Gasteiger partial charge in [0, 0.05) is 15.7 Å². The summed E-state index contributed by atoms with van der Waals surface area (Å²) in [5.41, 5.74) is 3.50. The van der Waals surface area contributed by atoms with Crippen LogP contribution in [0.1, 0.15) is 35.3 Å². The van der Waals surface area contributed by atoms with Gasteiger partial charge in [0.2, 0.25) is 0 Å². The molecule has 2 N–H and O–H groups in total. The number of hydrogen-bond acceptors (Lipinski definition) is 3. The van der Waals surface area contributed by atoms with E-state index in [0.717, 1.165) is 27.0 Å². The van der Waals surface area contributed by atoms with Crippen LogP contribution in [0, 0.1) is 13.8 Å². The van der Waals surface area contributed by atoms with Crippen LogP contribution < -0.4 is 15.4 Å². The van der Waals surface area contributed by atoms with Crippen molar-refractivity contribution in [3.63, 3.8) is 0 Å². The molecule has 0 aliphatic rings. The zero-order valence-corrected chi connectivity index (χ0v) is 17.0. The number of amides is 1. The number of hydrogen-bond donors (Lipinski definition) is 2. The fraction of sp³-hybridized carbons (Fsp3) is 0.263. The Kier molecular flexibility index (Phi) is 6.56. The first-order valence-electron chi connectivity index (χ1n) is 7.92. The van der Waals surface area contributed by atoms with Crippen molar-refractivity contribution in [2.75, 3.05) is 5.32 Å². The van der Waals surface area contributed by atoms with Crippen LogP contribution in [-0.4, -0.2) is 17.1 Å². The van der Waals surface area contributed by atoms with Crippen molar-refractivity contribution < 1.29 is 9.53 Å². The highest BCUT2D eigenvalue weighted by atomic mass is 79.9. The largest absolute Gasteiger partial charge is 0.491 e. The third kappa shape index (κ3) is 5.54. The van der Waals surface area contributed by atoms with E-state index < -0.39 is 0 Å². The van der Waals surface area contributed by atoms with Crippen molar-refractivity contribution in [3.8, 4) is 5.75 Å². The van der Waals surface area contributed by atoms with E-state index in [-0.39, 0.29) is 17.1 Å². The van der Waals surface area contributed by atoms with Gasteiger partial charge in [-0.2, -0.15) is 0 Å². The van der Waals surface area contributed by atoms with Crippen LogP contribution in [0.25, 0.3) is 0 Å². The van der Waals surface area contributed by atoms with E-state index in [4.69, 9.17) is 17.0 Å². The first-order valence-corrected chi connectivity index (χ1v) is 9.12. The molecule has 0 saturated carbocycles. The summed E-state index contributed by atoms with van der Waals surface area (Å²) in [6.07, 6.45) is 0.0915. The zero-order chi connectivity index (χ0) is 18.6. The van der Waals surface area contributed by atoms with Crippen molar-refractivity contribution in [3.05, 3.63) is 57.6 Å². The molecule has 2 rings (SSSR count). The average molecular weight is 421 g/mol. The fourth-order valence-electron chi connectivity index (χ4n) is 2.38. The van der Waals surface area contributed by atoms with Gasteiger partial charge >= 0.3 is 0 Å². The Hall–Kier alpha value is -1.92. The van der Waals surface area contributed by atoms with Crippen LogP contribution in [0.4, 0.5) is 5.69 Å². The number of benzene rings is 2. The molecule has 0 fully saturated rings. The Morgan fingerprint density at radius 2 is 1.68 bits per heavy atom. The fourth-order valence-corrected chi connectivity index (χ4v) is 3.27. The molecule has 2 aromatic rings. The third-order valence-corrected chi connectivity index (χ3v) is 4.11. The topological polar surface area (TPSA) is 50.4 Å². The van der Waals surface area contributed by atoms with E-state index in [1.165, 1.54) is 0 Å². The van der Waals surface area contributed by atoms with Crippen molar-refractivity contribution in [2.24, 2.45) is 0 Å². The lowest BCUT2D eigenvalue weighted by atomic mass is 10.1. The van der Waals surface area contributed by atoms with E-state index in [1.54, 1.807) is 24.3 Å². The number of ether oxygens (including phenoxy) is 1. The molecule has 6 heteroatoms. The van der Waals surface area contributed by atoms with Crippen LogP contribution in [0.3, 0.4) is 0 Å². The molecule has 1 amide bonds. The van der Waals surface area contributed by atoms with Crippen LogP contribution in [0.5, 0.6) is 5.75 Å². The van der Waals surface area contributed by atoms with Crippen LogP contribution in [0.15, 0.2) is 40.9 Å². The zero-order valence-electron chi connectivity index (χ0n) is 14.6.